The Labute approximate surface area is 78.6 Å². The lowest BCUT2D eigenvalue weighted by atomic mass is 9.98. The molecule has 1 N–H and O–H groups in total. The maximum absolute atomic E-state index is 12.8. The third kappa shape index (κ3) is 1.40. The molecule has 2 nitrogen and oxygen atoms in total. The zero-order chi connectivity index (χ0) is 12.3. The van der Waals surface area contributed by atoms with Gasteiger partial charge in [-0.15, -0.1) is 0 Å². The van der Waals surface area contributed by atoms with Gasteiger partial charge in [0.2, 0.25) is 0 Å². The molecule has 0 bridgehead atoms. The van der Waals surface area contributed by atoms with E-state index in [1.54, 1.807) is 0 Å². The van der Waals surface area contributed by atoms with Crippen molar-refractivity contribution in [2.24, 2.45) is 5.92 Å². The van der Waals surface area contributed by atoms with Crippen molar-refractivity contribution in [2.45, 2.75) is 30.9 Å². The Kier molecular flexibility index (Phi) is 2.30. The summed E-state index contributed by atoms with van der Waals surface area (Å²) in [6, 6.07) is 0. The lowest BCUT2D eigenvalue weighted by Crippen LogP contribution is -2.57. The Balaban J connectivity index is 3.25. The van der Waals surface area contributed by atoms with Gasteiger partial charge in [-0.25, -0.2) is 0 Å². The van der Waals surface area contributed by atoms with Crippen LogP contribution in [-0.4, -0.2) is 29.1 Å². The van der Waals surface area contributed by atoms with E-state index in [-0.39, 0.29) is 6.92 Å². The maximum atomic E-state index is 12.8. The Hall–Kier alpha value is -0.570. The van der Waals surface area contributed by atoms with Gasteiger partial charge in [0.1, 0.15) is 5.92 Å². The van der Waals surface area contributed by atoms with Crippen molar-refractivity contribution in [3.8, 4) is 0 Å². The number of alkyl halides is 7. The number of aliphatic hydroxyl groups is 1. The van der Waals surface area contributed by atoms with E-state index in [0.29, 0.717) is 0 Å². The first kappa shape index (κ1) is 12.5. The minimum absolute atomic E-state index is 0.156. The van der Waals surface area contributed by atoms with Crippen LogP contribution in [0.1, 0.15) is 6.92 Å². The Morgan fingerprint density at radius 1 is 1.13 bits per heavy atom. The minimum atomic E-state index is -6.01. The molecule has 0 aromatic heterocycles. The summed E-state index contributed by atoms with van der Waals surface area (Å²) >= 11 is 0. The molecule has 0 aromatic rings. The second kappa shape index (κ2) is 2.76. The molecule has 2 unspecified atom stereocenters. The first-order chi connectivity index (χ1) is 6.36. The van der Waals surface area contributed by atoms with Gasteiger partial charge in [0.15, 0.2) is 0 Å². The predicted octanol–water partition coefficient (Wildman–Crippen LogP) is 2.13. The summed E-state index contributed by atoms with van der Waals surface area (Å²) < 4.78 is 89.3. The van der Waals surface area contributed by atoms with E-state index in [1.165, 1.54) is 0 Å². The van der Waals surface area contributed by atoms with Crippen LogP contribution in [0.5, 0.6) is 0 Å². The van der Waals surface area contributed by atoms with Gasteiger partial charge in [-0.05, 0) is 6.92 Å². The van der Waals surface area contributed by atoms with Gasteiger partial charge in [0.25, 0.3) is 0 Å². The molecule has 9 heteroatoms. The molecule has 0 spiro atoms. The lowest BCUT2D eigenvalue weighted by molar-refractivity contribution is -0.433. The summed E-state index contributed by atoms with van der Waals surface area (Å²) in [5.41, 5.74) is 0. The zero-order valence-electron chi connectivity index (χ0n) is 7.08. The van der Waals surface area contributed by atoms with Crippen molar-refractivity contribution in [2.75, 3.05) is 0 Å². The highest BCUT2D eigenvalue weighted by molar-refractivity contribution is 5.03. The Morgan fingerprint density at radius 2 is 1.53 bits per heavy atom. The highest BCUT2D eigenvalue weighted by Crippen LogP contribution is 2.58. The molecule has 0 aromatic carbocycles. The van der Waals surface area contributed by atoms with Crippen LogP contribution in [0.25, 0.3) is 0 Å². The van der Waals surface area contributed by atoms with E-state index >= 15 is 0 Å². The summed E-state index contributed by atoms with van der Waals surface area (Å²) in [5.74, 6) is -13.3. The van der Waals surface area contributed by atoms with Crippen LogP contribution in [0.15, 0.2) is 0 Å². The van der Waals surface area contributed by atoms with E-state index < -0.39 is 29.9 Å². The summed E-state index contributed by atoms with van der Waals surface area (Å²) in [7, 11) is 0. The average molecular weight is 242 g/mol. The fourth-order valence-electron chi connectivity index (χ4n) is 1.10. The van der Waals surface area contributed by atoms with Crippen molar-refractivity contribution in [1.29, 1.82) is 0 Å². The maximum Gasteiger partial charge on any atom is 0.449 e. The number of hydrogen-bond donors (Lipinski definition) is 1. The van der Waals surface area contributed by atoms with Crippen molar-refractivity contribution in [3.05, 3.63) is 0 Å². The van der Waals surface area contributed by atoms with Crippen LogP contribution in [0.2, 0.25) is 0 Å². The molecule has 0 aliphatic carbocycles. The van der Waals surface area contributed by atoms with Gasteiger partial charge in [0, 0.05) is 0 Å². The smallest absolute Gasteiger partial charge is 0.354 e. The quantitative estimate of drug-likeness (QED) is 0.659. The third-order valence-corrected chi connectivity index (χ3v) is 2.17. The van der Waals surface area contributed by atoms with Crippen LogP contribution in [-0.2, 0) is 4.74 Å². The molecule has 15 heavy (non-hydrogen) atoms. The van der Waals surface area contributed by atoms with E-state index in [1.807, 2.05) is 0 Å². The van der Waals surface area contributed by atoms with E-state index in [2.05, 4.69) is 4.74 Å². The fraction of sp³-hybridized carbons (Fsp3) is 1.00. The first-order valence-corrected chi connectivity index (χ1v) is 3.61. The highest BCUT2D eigenvalue weighted by Gasteiger charge is 2.83. The van der Waals surface area contributed by atoms with Crippen molar-refractivity contribution in [1.82, 2.24) is 0 Å². The van der Waals surface area contributed by atoms with Crippen LogP contribution >= 0.6 is 0 Å². The monoisotopic (exact) mass is 242 g/mol. The number of halogens is 7. The highest BCUT2D eigenvalue weighted by atomic mass is 19.4. The van der Waals surface area contributed by atoms with Crippen LogP contribution in [0, 0.1) is 5.92 Å². The number of rotatable bonds is 0. The van der Waals surface area contributed by atoms with Gasteiger partial charge < -0.3 is 5.11 Å². The molecule has 1 heterocycles. The standard InChI is InChI=1S/C6H5F7O2/c1-2-3(7,8)5(14,6(11,12)13)15-4(2,9)10/h2,14H,1H3. The van der Waals surface area contributed by atoms with Crippen LogP contribution in [0.4, 0.5) is 30.7 Å². The number of hydrogen-bond acceptors (Lipinski definition) is 2. The normalized spacial score (nSPS) is 39.4. The molecule has 1 fully saturated rings. The van der Waals surface area contributed by atoms with E-state index in [4.69, 9.17) is 5.11 Å². The van der Waals surface area contributed by atoms with Crippen LogP contribution in [0.3, 0.4) is 0 Å². The largest absolute Gasteiger partial charge is 0.449 e. The summed E-state index contributed by atoms with van der Waals surface area (Å²) in [6.07, 6.45) is -10.8. The molecule has 0 amide bonds. The molecule has 2 atom stereocenters. The van der Waals surface area contributed by atoms with Crippen LogP contribution < -0.4 is 0 Å². The molecule has 90 valence electrons. The molecule has 1 aliphatic heterocycles. The summed E-state index contributed by atoms with van der Waals surface area (Å²) in [6.45, 7) is 0.156. The molecular formula is C6H5F7O2. The Bertz CT molecular complexity index is 270. The second-order valence-electron chi connectivity index (χ2n) is 3.15. The number of ether oxygens (including phenoxy) is 1. The average Bonchev–Trinajstić information content (AvgIpc) is 2.09. The van der Waals surface area contributed by atoms with Gasteiger partial charge >= 0.3 is 24.0 Å². The van der Waals surface area contributed by atoms with Gasteiger partial charge in [0.05, 0.1) is 0 Å². The van der Waals surface area contributed by atoms with Crippen molar-refractivity contribution < 1.29 is 40.6 Å². The molecule has 1 saturated heterocycles. The third-order valence-electron chi connectivity index (χ3n) is 2.17. The summed E-state index contributed by atoms with van der Waals surface area (Å²) in [5, 5.41) is 8.48. The first-order valence-electron chi connectivity index (χ1n) is 3.61. The SMILES string of the molecule is CC1C(F)(F)OC(O)(C(F)(F)F)C1(F)F. The fourth-order valence-corrected chi connectivity index (χ4v) is 1.10. The molecule has 1 aliphatic rings. The minimum Gasteiger partial charge on any atom is -0.354 e. The van der Waals surface area contributed by atoms with Gasteiger partial charge in [-0.1, -0.05) is 0 Å². The van der Waals surface area contributed by atoms with Crippen molar-refractivity contribution in [3.63, 3.8) is 0 Å². The van der Waals surface area contributed by atoms with E-state index in [9.17, 15) is 30.7 Å². The lowest BCUT2D eigenvalue weighted by Gasteiger charge is -2.29. The predicted molar refractivity (Wildman–Crippen MR) is 31.1 cm³/mol. The summed E-state index contributed by atoms with van der Waals surface area (Å²) in [4.78, 5) is 0. The molecule has 1 rings (SSSR count). The molecular weight excluding hydrogens is 237 g/mol. The zero-order valence-corrected chi connectivity index (χ0v) is 7.08. The molecule has 0 saturated carbocycles. The van der Waals surface area contributed by atoms with Gasteiger partial charge in [-0.2, -0.15) is 30.7 Å². The second-order valence-corrected chi connectivity index (χ2v) is 3.15. The van der Waals surface area contributed by atoms with Crippen molar-refractivity contribution >= 4 is 0 Å². The Morgan fingerprint density at radius 3 is 1.67 bits per heavy atom. The van der Waals surface area contributed by atoms with E-state index in [0.717, 1.165) is 0 Å². The topological polar surface area (TPSA) is 29.5 Å². The molecule has 0 radical (unpaired) electrons. The van der Waals surface area contributed by atoms with Gasteiger partial charge in [-0.3, -0.25) is 4.74 Å².